The maximum Gasteiger partial charge on any atom is 0.175 e. The summed E-state index contributed by atoms with van der Waals surface area (Å²) in [5.41, 5.74) is 1.34. The van der Waals surface area contributed by atoms with E-state index in [0.717, 1.165) is 24.4 Å². The maximum atomic E-state index is 14.0. The molecule has 0 fully saturated rings. The van der Waals surface area contributed by atoms with Crippen LogP contribution in [0.3, 0.4) is 0 Å². The summed E-state index contributed by atoms with van der Waals surface area (Å²) >= 11 is 0. The second kappa shape index (κ2) is 4.57. The van der Waals surface area contributed by atoms with E-state index in [9.17, 15) is 12.8 Å². The van der Waals surface area contributed by atoms with Crippen LogP contribution in [0.15, 0.2) is 41.4 Å². The van der Waals surface area contributed by atoms with Crippen molar-refractivity contribution in [2.24, 2.45) is 0 Å². The summed E-state index contributed by atoms with van der Waals surface area (Å²) in [6.45, 7) is 1.98. The van der Waals surface area contributed by atoms with Gasteiger partial charge in [-0.1, -0.05) is 6.92 Å². The molecule has 0 atom stereocenters. The van der Waals surface area contributed by atoms with Gasteiger partial charge in [-0.15, -0.1) is 0 Å². The van der Waals surface area contributed by atoms with Crippen molar-refractivity contribution in [3.63, 3.8) is 0 Å². The first-order valence-electron chi connectivity index (χ1n) is 5.59. The fourth-order valence-electron chi connectivity index (χ4n) is 1.85. The molecule has 18 heavy (non-hydrogen) atoms. The number of benzene rings is 1. The van der Waals surface area contributed by atoms with Crippen LogP contribution in [0.25, 0.3) is 5.69 Å². The Morgan fingerprint density at radius 3 is 2.56 bits per heavy atom. The number of aromatic nitrogens is 1. The van der Waals surface area contributed by atoms with Crippen molar-refractivity contribution >= 4 is 9.84 Å². The summed E-state index contributed by atoms with van der Waals surface area (Å²) in [7, 11) is -3.38. The molecule has 5 heteroatoms. The van der Waals surface area contributed by atoms with Gasteiger partial charge < -0.3 is 4.57 Å². The van der Waals surface area contributed by atoms with Crippen molar-refractivity contribution < 1.29 is 12.8 Å². The van der Waals surface area contributed by atoms with Gasteiger partial charge in [-0.2, -0.15) is 0 Å². The number of aryl methyl sites for hydroxylation is 1. The summed E-state index contributed by atoms with van der Waals surface area (Å²) < 4.78 is 38.4. The topological polar surface area (TPSA) is 39.1 Å². The van der Waals surface area contributed by atoms with Gasteiger partial charge >= 0.3 is 0 Å². The van der Waals surface area contributed by atoms with Gasteiger partial charge in [-0.05, 0) is 36.8 Å². The Hall–Kier alpha value is -1.62. The van der Waals surface area contributed by atoms with E-state index in [-0.39, 0.29) is 4.90 Å². The third-order valence-corrected chi connectivity index (χ3v) is 3.91. The maximum absolute atomic E-state index is 14.0. The third kappa shape index (κ3) is 2.31. The standard InChI is InChI=1S/C13H14FNO2S/c1-3-10-5-4-8-15(10)13-7-6-11(9-12(13)14)18(2,16)17/h4-9H,3H2,1-2H3. The molecular weight excluding hydrogens is 253 g/mol. The molecule has 0 N–H and O–H groups in total. The fourth-order valence-corrected chi connectivity index (χ4v) is 2.49. The average molecular weight is 267 g/mol. The van der Waals surface area contributed by atoms with Crippen LogP contribution in [0.4, 0.5) is 4.39 Å². The quantitative estimate of drug-likeness (QED) is 0.857. The van der Waals surface area contributed by atoms with Crippen LogP contribution in [-0.2, 0) is 16.3 Å². The van der Waals surface area contributed by atoms with Gasteiger partial charge in [0.2, 0.25) is 0 Å². The molecule has 0 spiro atoms. The van der Waals surface area contributed by atoms with Gasteiger partial charge in [0.25, 0.3) is 0 Å². The molecule has 1 heterocycles. The molecule has 0 aliphatic rings. The van der Waals surface area contributed by atoms with Crippen LogP contribution >= 0.6 is 0 Å². The van der Waals surface area contributed by atoms with E-state index >= 15 is 0 Å². The van der Waals surface area contributed by atoms with Gasteiger partial charge in [0, 0.05) is 18.1 Å². The van der Waals surface area contributed by atoms with E-state index in [2.05, 4.69) is 0 Å². The summed E-state index contributed by atoms with van der Waals surface area (Å²) in [6.07, 6.45) is 3.60. The number of nitrogens with zero attached hydrogens (tertiary/aromatic N) is 1. The summed E-state index contributed by atoms with van der Waals surface area (Å²) in [5.74, 6) is -0.538. The lowest BCUT2D eigenvalue weighted by atomic mass is 10.2. The second-order valence-electron chi connectivity index (χ2n) is 4.11. The van der Waals surface area contributed by atoms with Crippen molar-refractivity contribution in [1.82, 2.24) is 4.57 Å². The Kier molecular flexibility index (Phi) is 3.26. The third-order valence-electron chi connectivity index (χ3n) is 2.80. The first-order valence-corrected chi connectivity index (χ1v) is 7.49. The average Bonchev–Trinajstić information content (AvgIpc) is 2.75. The minimum atomic E-state index is -3.38. The van der Waals surface area contributed by atoms with E-state index in [4.69, 9.17) is 0 Å². The molecule has 1 aromatic heterocycles. The highest BCUT2D eigenvalue weighted by molar-refractivity contribution is 7.90. The minimum absolute atomic E-state index is 0.00560. The lowest BCUT2D eigenvalue weighted by molar-refractivity contribution is 0.593. The first kappa shape index (κ1) is 12.8. The minimum Gasteiger partial charge on any atom is -0.318 e. The van der Waals surface area contributed by atoms with Crippen molar-refractivity contribution in [3.8, 4) is 5.69 Å². The van der Waals surface area contributed by atoms with Crippen LogP contribution in [0, 0.1) is 5.82 Å². The number of sulfone groups is 1. The molecule has 0 amide bonds. The molecule has 0 saturated carbocycles. The largest absolute Gasteiger partial charge is 0.318 e. The monoisotopic (exact) mass is 267 g/mol. The van der Waals surface area contributed by atoms with Crippen LogP contribution in [0.2, 0.25) is 0 Å². The van der Waals surface area contributed by atoms with Crippen molar-refractivity contribution in [3.05, 3.63) is 48.0 Å². The zero-order chi connectivity index (χ0) is 13.3. The Morgan fingerprint density at radius 2 is 2.00 bits per heavy atom. The first-order chi connectivity index (χ1) is 8.43. The number of halogens is 1. The fraction of sp³-hybridized carbons (Fsp3) is 0.231. The molecule has 0 aliphatic carbocycles. The second-order valence-corrected chi connectivity index (χ2v) is 6.12. The molecule has 0 saturated heterocycles. The van der Waals surface area contributed by atoms with E-state index in [0.29, 0.717) is 5.69 Å². The lowest BCUT2D eigenvalue weighted by Crippen LogP contribution is -2.03. The summed E-state index contributed by atoms with van der Waals surface area (Å²) in [6, 6.07) is 7.72. The van der Waals surface area contributed by atoms with Gasteiger partial charge in [-0.3, -0.25) is 0 Å². The highest BCUT2D eigenvalue weighted by Gasteiger charge is 2.12. The number of hydrogen-bond donors (Lipinski definition) is 0. The van der Waals surface area contributed by atoms with Crippen LogP contribution in [0.5, 0.6) is 0 Å². The predicted molar refractivity (Wildman–Crippen MR) is 68.2 cm³/mol. The molecule has 1 aromatic carbocycles. The molecule has 2 rings (SSSR count). The number of hydrogen-bond acceptors (Lipinski definition) is 2. The Morgan fingerprint density at radius 1 is 1.28 bits per heavy atom. The number of rotatable bonds is 3. The molecule has 0 bridgehead atoms. The van der Waals surface area contributed by atoms with Crippen LogP contribution < -0.4 is 0 Å². The van der Waals surface area contributed by atoms with Gasteiger partial charge in [0.05, 0.1) is 10.6 Å². The van der Waals surface area contributed by atoms with Gasteiger partial charge in [0.15, 0.2) is 9.84 Å². The van der Waals surface area contributed by atoms with Crippen LogP contribution in [-0.4, -0.2) is 19.2 Å². The molecule has 2 aromatic rings. The van der Waals surface area contributed by atoms with Gasteiger partial charge in [-0.25, -0.2) is 12.8 Å². The van der Waals surface area contributed by atoms with Crippen LogP contribution in [0.1, 0.15) is 12.6 Å². The van der Waals surface area contributed by atoms with Crippen molar-refractivity contribution in [2.45, 2.75) is 18.2 Å². The zero-order valence-corrected chi connectivity index (χ0v) is 11.0. The molecule has 0 radical (unpaired) electrons. The van der Waals surface area contributed by atoms with E-state index in [1.54, 1.807) is 10.8 Å². The molecule has 0 aliphatic heterocycles. The lowest BCUT2D eigenvalue weighted by Gasteiger charge is -2.10. The van der Waals surface area contributed by atoms with Gasteiger partial charge in [0.1, 0.15) is 5.82 Å². The Balaban J connectivity index is 2.55. The highest BCUT2D eigenvalue weighted by Crippen LogP contribution is 2.20. The zero-order valence-electron chi connectivity index (χ0n) is 10.2. The smallest absolute Gasteiger partial charge is 0.175 e. The molecule has 0 unspecified atom stereocenters. The molecular formula is C13H14FNO2S. The normalized spacial score (nSPS) is 11.7. The van der Waals surface area contributed by atoms with Crippen molar-refractivity contribution in [2.75, 3.05) is 6.26 Å². The van der Waals surface area contributed by atoms with E-state index in [1.165, 1.54) is 12.1 Å². The highest BCUT2D eigenvalue weighted by atomic mass is 32.2. The SMILES string of the molecule is CCc1cccn1-c1ccc(S(C)(=O)=O)cc1F. The van der Waals surface area contributed by atoms with E-state index in [1.807, 2.05) is 19.1 Å². The molecule has 3 nitrogen and oxygen atoms in total. The molecule has 96 valence electrons. The van der Waals surface area contributed by atoms with Crippen molar-refractivity contribution in [1.29, 1.82) is 0 Å². The predicted octanol–water partition coefficient (Wildman–Crippen LogP) is 2.58. The Bertz CT molecular complexity index is 674. The van der Waals surface area contributed by atoms with E-state index < -0.39 is 15.7 Å². The Labute approximate surface area is 106 Å². The summed E-state index contributed by atoms with van der Waals surface area (Å²) in [4.78, 5) is -0.00560. The summed E-state index contributed by atoms with van der Waals surface area (Å²) in [5, 5.41) is 0.